The van der Waals surface area contributed by atoms with E-state index in [9.17, 15) is 14.0 Å². The summed E-state index contributed by atoms with van der Waals surface area (Å²) in [5.74, 6) is -0.444. The van der Waals surface area contributed by atoms with E-state index in [1.54, 1.807) is 41.8 Å². The molecule has 0 aliphatic carbocycles. The second-order valence-electron chi connectivity index (χ2n) is 5.77. The summed E-state index contributed by atoms with van der Waals surface area (Å²) in [6.07, 6.45) is 0. The van der Waals surface area contributed by atoms with Crippen LogP contribution in [0.15, 0.2) is 53.9 Å². The van der Waals surface area contributed by atoms with E-state index < -0.39 is 0 Å². The van der Waals surface area contributed by atoms with E-state index in [2.05, 4.69) is 15.6 Å². The van der Waals surface area contributed by atoms with Crippen LogP contribution in [0.5, 0.6) is 5.75 Å². The Hall–Kier alpha value is -3.26. The number of hydrogen-bond acceptors (Lipinski definition) is 5. The fourth-order valence-corrected chi connectivity index (χ4v) is 3.17. The maximum absolute atomic E-state index is 13.0. The first-order valence-corrected chi connectivity index (χ1v) is 9.45. The Bertz CT molecular complexity index is 973. The van der Waals surface area contributed by atoms with Crippen LogP contribution in [0.3, 0.4) is 0 Å². The zero-order valence-corrected chi connectivity index (χ0v) is 15.9. The van der Waals surface area contributed by atoms with Crippen molar-refractivity contribution in [3.05, 3.63) is 65.4 Å². The van der Waals surface area contributed by atoms with Gasteiger partial charge in [-0.3, -0.25) is 9.59 Å². The lowest BCUT2D eigenvalue weighted by Crippen LogP contribution is -2.28. The highest BCUT2D eigenvalue weighted by atomic mass is 32.1. The number of rotatable bonds is 7. The molecule has 0 saturated carbocycles. The van der Waals surface area contributed by atoms with Crippen LogP contribution in [-0.4, -0.2) is 29.9 Å². The maximum Gasteiger partial charge on any atom is 0.275 e. The van der Waals surface area contributed by atoms with E-state index in [0.29, 0.717) is 23.0 Å². The van der Waals surface area contributed by atoms with Crippen LogP contribution in [0.2, 0.25) is 0 Å². The summed E-state index contributed by atoms with van der Waals surface area (Å²) >= 11 is 1.30. The number of likely N-dealkylation sites (N-methyl/N-ethyl adjacent to an activating group) is 1. The standard InChI is InChI=1S/C20H18FN3O3S/c1-2-22-18(25)11-27-16-5-3-4-15(10-16)23-19(26)17-12-28-20(24-17)13-6-8-14(21)9-7-13/h3-10,12H,2,11H2,1H3,(H,22,25)(H,23,26). The summed E-state index contributed by atoms with van der Waals surface area (Å²) < 4.78 is 18.4. The van der Waals surface area contributed by atoms with Crippen LogP contribution in [0.25, 0.3) is 10.6 Å². The molecule has 2 amide bonds. The molecule has 2 aromatic carbocycles. The molecule has 1 aromatic heterocycles. The number of anilines is 1. The van der Waals surface area contributed by atoms with Gasteiger partial charge in [0.05, 0.1) is 0 Å². The molecule has 0 atom stereocenters. The molecule has 3 rings (SSSR count). The van der Waals surface area contributed by atoms with Gasteiger partial charge in [-0.25, -0.2) is 9.37 Å². The van der Waals surface area contributed by atoms with Crippen molar-refractivity contribution in [3.63, 3.8) is 0 Å². The van der Waals surface area contributed by atoms with Gasteiger partial charge >= 0.3 is 0 Å². The Morgan fingerprint density at radius 2 is 1.96 bits per heavy atom. The van der Waals surface area contributed by atoms with Gasteiger partial charge in [-0.15, -0.1) is 11.3 Å². The molecule has 0 unspecified atom stereocenters. The monoisotopic (exact) mass is 399 g/mol. The van der Waals surface area contributed by atoms with E-state index in [0.717, 1.165) is 5.56 Å². The molecule has 3 aromatic rings. The van der Waals surface area contributed by atoms with Crippen LogP contribution in [0.1, 0.15) is 17.4 Å². The molecule has 0 bridgehead atoms. The lowest BCUT2D eigenvalue weighted by molar-refractivity contribution is -0.122. The molecule has 2 N–H and O–H groups in total. The Morgan fingerprint density at radius 1 is 1.18 bits per heavy atom. The molecule has 0 spiro atoms. The van der Waals surface area contributed by atoms with E-state index in [1.807, 2.05) is 6.92 Å². The molecule has 8 heteroatoms. The summed E-state index contributed by atoms with van der Waals surface area (Å²) in [7, 11) is 0. The average Bonchev–Trinajstić information content (AvgIpc) is 3.18. The van der Waals surface area contributed by atoms with Crippen molar-refractivity contribution in [2.75, 3.05) is 18.5 Å². The average molecular weight is 399 g/mol. The minimum Gasteiger partial charge on any atom is -0.484 e. The number of nitrogens with one attached hydrogen (secondary N) is 2. The number of hydrogen-bond donors (Lipinski definition) is 2. The topological polar surface area (TPSA) is 80.3 Å². The SMILES string of the molecule is CCNC(=O)COc1cccc(NC(=O)c2csc(-c3ccc(F)cc3)n2)c1. The fraction of sp³-hybridized carbons (Fsp3) is 0.150. The zero-order valence-electron chi connectivity index (χ0n) is 15.1. The minimum atomic E-state index is -0.370. The highest BCUT2D eigenvalue weighted by molar-refractivity contribution is 7.13. The van der Waals surface area contributed by atoms with Crippen molar-refractivity contribution in [1.82, 2.24) is 10.3 Å². The van der Waals surface area contributed by atoms with Crippen LogP contribution in [0, 0.1) is 5.82 Å². The summed E-state index contributed by atoms with van der Waals surface area (Å²) in [5.41, 5.74) is 1.53. The second-order valence-corrected chi connectivity index (χ2v) is 6.63. The van der Waals surface area contributed by atoms with Crippen molar-refractivity contribution in [2.45, 2.75) is 6.92 Å². The molecule has 28 heavy (non-hydrogen) atoms. The molecule has 0 radical (unpaired) electrons. The highest BCUT2D eigenvalue weighted by Gasteiger charge is 2.13. The van der Waals surface area contributed by atoms with E-state index in [1.165, 1.54) is 23.5 Å². The normalized spacial score (nSPS) is 10.4. The van der Waals surface area contributed by atoms with E-state index in [-0.39, 0.29) is 29.9 Å². The third-order valence-electron chi connectivity index (χ3n) is 3.66. The number of halogens is 1. The molecular weight excluding hydrogens is 381 g/mol. The quantitative estimate of drug-likeness (QED) is 0.635. The lowest BCUT2D eigenvalue weighted by atomic mass is 10.2. The van der Waals surface area contributed by atoms with Crippen molar-refractivity contribution in [1.29, 1.82) is 0 Å². The third-order valence-corrected chi connectivity index (χ3v) is 4.56. The molecule has 144 valence electrons. The van der Waals surface area contributed by atoms with Crippen molar-refractivity contribution in [3.8, 4) is 16.3 Å². The van der Waals surface area contributed by atoms with Crippen LogP contribution in [0.4, 0.5) is 10.1 Å². The number of nitrogens with zero attached hydrogens (tertiary/aromatic N) is 1. The molecule has 0 saturated heterocycles. The van der Waals surface area contributed by atoms with Gasteiger partial charge in [0.2, 0.25) is 0 Å². The van der Waals surface area contributed by atoms with Gasteiger partial charge in [-0.2, -0.15) is 0 Å². The zero-order chi connectivity index (χ0) is 19.9. The number of benzene rings is 2. The van der Waals surface area contributed by atoms with Gasteiger partial charge in [0.25, 0.3) is 11.8 Å². The number of amides is 2. The number of carbonyl (C=O) groups is 2. The summed E-state index contributed by atoms with van der Waals surface area (Å²) in [4.78, 5) is 28.2. The Labute approximate surface area is 165 Å². The first-order chi connectivity index (χ1) is 13.5. The van der Waals surface area contributed by atoms with Gasteiger partial charge < -0.3 is 15.4 Å². The maximum atomic E-state index is 13.0. The molecule has 0 fully saturated rings. The third kappa shape index (κ3) is 5.14. The van der Waals surface area contributed by atoms with Crippen LogP contribution in [-0.2, 0) is 4.79 Å². The summed E-state index contributed by atoms with van der Waals surface area (Å²) in [5, 5.41) is 7.66. The number of aromatic nitrogens is 1. The largest absolute Gasteiger partial charge is 0.484 e. The number of carbonyl (C=O) groups excluding carboxylic acids is 2. The van der Waals surface area contributed by atoms with Gasteiger partial charge in [-0.05, 0) is 43.3 Å². The Morgan fingerprint density at radius 3 is 2.71 bits per heavy atom. The lowest BCUT2D eigenvalue weighted by Gasteiger charge is -2.08. The predicted octanol–water partition coefficient (Wildman–Crippen LogP) is 3.72. The Kier molecular flexibility index (Phi) is 6.33. The van der Waals surface area contributed by atoms with Crippen LogP contribution >= 0.6 is 11.3 Å². The molecular formula is C20H18FN3O3S. The van der Waals surface area contributed by atoms with Gasteiger partial charge in [0.1, 0.15) is 22.3 Å². The molecule has 1 heterocycles. The molecule has 0 aliphatic heterocycles. The predicted molar refractivity (Wildman–Crippen MR) is 106 cm³/mol. The highest BCUT2D eigenvalue weighted by Crippen LogP contribution is 2.25. The number of thiazole rings is 1. The van der Waals surface area contributed by atoms with Crippen molar-refractivity contribution in [2.24, 2.45) is 0 Å². The smallest absolute Gasteiger partial charge is 0.275 e. The fourth-order valence-electron chi connectivity index (χ4n) is 2.36. The number of ether oxygens (including phenoxy) is 1. The Balaban J connectivity index is 1.64. The summed E-state index contributed by atoms with van der Waals surface area (Å²) in [6.45, 7) is 2.26. The first kappa shape index (κ1) is 19.5. The van der Waals surface area contributed by atoms with Crippen molar-refractivity contribution < 1.29 is 18.7 Å². The van der Waals surface area contributed by atoms with E-state index >= 15 is 0 Å². The van der Waals surface area contributed by atoms with Crippen molar-refractivity contribution >= 4 is 28.8 Å². The van der Waals surface area contributed by atoms with E-state index in [4.69, 9.17) is 4.74 Å². The van der Waals surface area contributed by atoms with Gasteiger partial charge in [-0.1, -0.05) is 6.07 Å². The minimum absolute atomic E-state index is 0.0989. The second kappa shape index (κ2) is 9.09. The first-order valence-electron chi connectivity index (χ1n) is 8.57. The molecule has 0 aliphatic rings. The summed E-state index contributed by atoms with van der Waals surface area (Å²) in [6, 6.07) is 12.7. The van der Waals surface area contributed by atoms with Gasteiger partial charge in [0, 0.05) is 29.2 Å². The van der Waals surface area contributed by atoms with Crippen LogP contribution < -0.4 is 15.4 Å². The molecule has 6 nitrogen and oxygen atoms in total. The van der Waals surface area contributed by atoms with Gasteiger partial charge in [0.15, 0.2) is 6.61 Å².